The van der Waals surface area contributed by atoms with Gasteiger partial charge in [0.15, 0.2) is 0 Å². The van der Waals surface area contributed by atoms with Crippen LogP contribution in [0.1, 0.15) is 32.3 Å². The van der Waals surface area contributed by atoms with Crippen LogP contribution >= 0.6 is 0 Å². The van der Waals surface area contributed by atoms with Crippen LogP contribution in [0.25, 0.3) is 0 Å². The Morgan fingerprint density at radius 2 is 1.83 bits per heavy atom. The standard InChI is InChI=1S/C16H22N2O5/c1-3-7-13(15(20)21)18-14(19)11(2)17-16(22)23-10-12-8-5-4-6-9-12/h4-6,8-9,11,13H,3,7,10H2,1-2H3,(H,17,22)(H,18,19)(H,20,21)/p-1/t11-,13-/m1/s1. The Balaban J connectivity index is 2.41. The molecule has 7 heteroatoms. The first-order valence-electron chi connectivity index (χ1n) is 7.42. The lowest BCUT2D eigenvalue weighted by molar-refractivity contribution is -0.308. The molecule has 2 amide bonds. The van der Waals surface area contributed by atoms with Gasteiger partial charge in [-0.05, 0) is 18.9 Å². The second-order valence-electron chi connectivity index (χ2n) is 5.10. The van der Waals surface area contributed by atoms with E-state index < -0.39 is 30.1 Å². The summed E-state index contributed by atoms with van der Waals surface area (Å²) in [5, 5.41) is 15.6. The molecule has 1 aromatic rings. The predicted molar refractivity (Wildman–Crippen MR) is 81.1 cm³/mol. The van der Waals surface area contributed by atoms with E-state index in [0.29, 0.717) is 6.42 Å². The lowest BCUT2D eigenvalue weighted by atomic mass is 10.1. The fraction of sp³-hybridized carbons (Fsp3) is 0.438. The number of carbonyl (C=O) groups excluding carboxylic acids is 3. The largest absolute Gasteiger partial charge is 0.548 e. The lowest BCUT2D eigenvalue weighted by Gasteiger charge is -2.21. The van der Waals surface area contributed by atoms with Gasteiger partial charge >= 0.3 is 6.09 Å². The molecule has 0 fully saturated rings. The molecule has 126 valence electrons. The first-order valence-corrected chi connectivity index (χ1v) is 7.42. The molecule has 0 heterocycles. The van der Waals surface area contributed by atoms with Crippen molar-refractivity contribution >= 4 is 18.0 Å². The average Bonchev–Trinajstić information content (AvgIpc) is 2.53. The molecular formula is C16H21N2O5-. The van der Waals surface area contributed by atoms with Crippen LogP contribution in [0.2, 0.25) is 0 Å². The minimum atomic E-state index is -1.35. The number of hydrogen-bond acceptors (Lipinski definition) is 5. The molecule has 0 saturated heterocycles. The molecule has 0 aliphatic rings. The minimum Gasteiger partial charge on any atom is -0.548 e. The molecule has 23 heavy (non-hydrogen) atoms. The molecule has 0 aliphatic carbocycles. The van der Waals surface area contributed by atoms with E-state index in [-0.39, 0.29) is 13.0 Å². The Hall–Kier alpha value is -2.57. The highest BCUT2D eigenvalue weighted by Gasteiger charge is 2.20. The molecule has 1 rings (SSSR count). The van der Waals surface area contributed by atoms with Crippen molar-refractivity contribution in [3.8, 4) is 0 Å². The fourth-order valence-corrected chi connectivity index (χ4v) is 1.84. The summed E-state index contributed by atoms with van der Waals surface area (Å²) in [6.07, 6.45) is 0.0935. The van der Waals surface area contributed by atoms with Crippen LogP contribution in [0.3, 0.4) is 0 Å². The van der Waals surface area contributed by atoms with Crippen molar-refractivity contribution < 1.29 is 24.2 Å². The van der Waals surface area contributed by atoms with Gasteiger partial charge in [0.25, 0.3) is 0 Å². The molecule has 0 aliphatic heterocycles. The van der Waals surface area contributed by atoms with E-state index in [1.807, 2.05) is 18.2 Å². The van der Waals surface area contributed by atoms with Gasteiger partial charge in [-0.15, -0.1) is 0 Å². The van der Waals surface area contributed by atoms with E-state index >= 15 is 0 Å². The van der Waals surface area contributed by atoms with Crippen LogP contribution in [-0.2, 0) is 20.9 Å². The average molecular weight is 321 g/mol. The molecule has 0 bridgehead atoms. The quantitative estimate of drug-likeness (QED) is 0.718. The number of benzene rings is 1. The van der Waals surface area contributed by atoms with E-state index in [2.05, 4.69) is 10.6 Å². The van der Waals surface area contributed by atoms with Gasteiger partial charge in [0.1, 0.15) is 12.6 Å². The Labute approximate surface area is 135 Å². The maximum absolute atomic E-state index is 11.9. The summed E-state index contributed by atoms with van der Waals surface area (Å²) in [6, 6.07) is 7.10. The zero-order chi connectivity index (χ0) is 17.2. The Morgan fingerprint density at radius 3 is 2.39 bits per heavy atom. The van der Waals surface area contributed by atoms with Crippen molar-refractivity contribution in [1.82, 2.24) is 10.6 Å². The van der Waals surface area contributed by atoms with Gasteiger partial charge in [0, 0.05) is 0 Å². The number of carboxylic acids is 1. The van der Waals surface area contributed by atoms with Crippen LogP contribution < -0.4 is 15.7 Å². The third-order valence-electron chi connectivity index (χ3n) is 3.12. The van der Waals surface area contributed by atoms with Gasteiger partial charge in [-0.1, -0.05) is 43.7 Å². The fourth-order valence-electron chi connectivity index (χ4n) is 1.84. The highest BCUT2D eigenvalue weighted by Crippen LogP contribution is 2.01. The normalized spacial score (nSPS) is 12.8. The number of hydrogen-bond donors (Lipinski definition) is 2. The highest BCUT2D eigenvalue weighted by molar-refractivity contribution is 5.88. The van der Waals surface area contributed by atoms with Crippen molar-refractivity contribution in [3.05, 3.63) is 35.9 Å². The molecule has 1 aromatic carbocycles. The van der Waals surface area contributed by atoms with E-state index in [4.69, 9.17) is 4.74 Å². The monoisotopic (exact) mass is 321 g/mol. The number of amides is 2. The minimum absolute atomic E-state index is 0.0819. The van der Waals surface area contributed by atoms with Gasteiger partial charge in [-0.2, -0.15) is 0 Å². The van der Waals surface area contributed by atoms with Crippen LogP contribution in [0, 0.1) is 0 Å². The van der Waals surface area contributed by atoms with Crippen molar-refractivity contribution in [3.63, 3.8) is 0 Å². The predicted octanol–water partition coefficient (Wildman–Crippen LogP) is 0.336. The van der Waals surface area contributed by atoms with Crippen LogP contribution in [-0.4, -0.2) is 30.1 Å². The number of aliphatic carboxylic acids is 1. The van der Waals surface area contributed by atoms with Gasteiger partial charge < -0.3 is 25.3 Å². The molecule has 0 unspecified atom stereocenters. The summed E-state index contributed by atoms with van der Waals surface area (Å²) < 4.78 is 4.99. The SMILES string of the molecule is CCC[C@@H](NC(=O)[C@@H](C)NC(=O)OCc1ccccc1)C(=O)[O-]. The van der Waals surface area contributed by atoms with Gasteiger partial charge in [-0.3, -0.25) is 4.79 Å². The van der Waals surface area contributed by atoms with E-state index in [0.717, 1.165) is 5.56 Å². The summed E-state index contributed by atoms with van der Waals surface area (Å²) in [6.45, 7) is 3.32. The lowest BCUT2D eigenvalue weighted by Crippen LogP contribution is -2.53. The zero-order valence-electron chi connectivity index (χ0n) is 13.2. The second kappa shape index (κ2) is 9.45. The summed E-state index contributed by atoms with van der Waals surface area (Å²) in [5.41, 5.74) is 0.819. The number of nitrogens with one attached hydrogen (secondary N) is 2. The van der Waals surface area contributed by atoms with E-state index in [1.165, 1.54) is 6.92 Å². The molecule has 2 atom stereocenters. The summed E-state index contributed by atoms with van der Waals surface area (Å²) in [5.74, 6) is -1.96. The number of carboxylic acid groups (broad SMARTS) is 1. The number of carbonyl (C=O) groups is 3. The molecule has 7 nitrogen and oxygen atoms in total. The zero-order valence-corrected chi connectivity index (χ0v) is 13.2. The van der Waals surface area contributed by atoms with Crippen molar-refractivity contribution in [2.24, 2.45) is 0 Å². The third-order valence-corrected chi connectivity index (χ3v) is 3.12. The summed E-state index contributed by atoms with van der Waals surface area (Å²) in [4.78, 5) is 34.4. The molecular weight excluding hydrogens is 300 g/mol. The molecule has 0 radical (unpaired) electrons. The summed E-state index contributed by atoms with van der Waals surface area (Å²) in [7, 11) is 0. The molecule has 0 saturated carbocycles. The summed E-state index contributed by atoms with van der Waals surface area (Å²) >= 11 is 0. The maximum Gasteiger partial charge on any atom is 0.408 e. The molecule has 0 spiro atoms. The van der Waals surface area contributed by atoms with Gasteiger partial charge in [0.05, 0.1) is 12.0 Å². The maximum atomic E-state index is 11.9. The Morgan fingerprint density at radius 1 is 1.17 bits per heavy atom. The van der Waals surface area contributed by atoms with Crippen LogP contribution in [0.5, 0.6) is 0 Å². The third kappa shape index (κ3) is 6.82. The Kier molecular flexibility index (Phi) is 7.59. The molecule has 2 N–H and O–H groups in total. The second-order valence-corrected chi connectivity index (χ2v) is 5.10. The van der Waals surface area contributed by atoms with E-state index in [1.54, 1.807) is 19.1 Å². The van der Waals surface area contributed by atoms with Crippen molar-refractivity contribution in [2.75, 3.05) is 0 Å². The smallest absolute Gasteiger partial charge is 0.408 e. The van der Waals surface area contributed by atoms with Crippen molar-refractivity contribution in [2.45, 2.75) is 45.4 Å². The number of ether oxygens (including phenoxy) is 1. The first kappa shape index (κ1) is 18.5. The van der Waals surface area contributed by atoms with Gasteiger partial charge in [0.2, 0.25) is 5.91 Å². The number of rotatable bonds is 8. The van der Waals surface area contributed by atoms with Crippen LogP contribution in [0.4, 0.5) is 4.79 Å². The van der Waals surface area contributed by atoms with Crippen LogP contribution in [0.15, 0.2) is 30.3 Å². The Bertz CT molecular complexity index is 533. The van der Waals surface area contributed by atoms with Gasteiger partial charge in [-0.25, -0.2) is 4.79 Å². The first-order chi connectivity index (χ1) is 10.9. The number of alkyl carbamates (subject to hydrolysis) is 1. The van der Waals surface area contributed by atoms with Crippen molar-refractivity contribution in [1.29, 1.82) is 0 Å². The van der Waals surface area contributed by atoms with E-state index in [9.17, 15) is 19.5 Å². The highest BCUT2D eigenvalue weighted by atomic mass is 16.5. The topological polar surface area (TPSA) is 108 Å². The molecule has 0 aromatic heterocycles.